The van der Waals surface area contributed by atoms with Crippen LogP contribution in [-0.4, -0.2) is 42.3 Å². The predicted molar refractivity (Wildman–Crippen MR) is 89.8 cm³/mol. The summed E-state index contributed by atoms with van der Waals surface area (Å²) in [5.74, 6) is -0.956. The number of carboxylic acid groups (broad SMARTS) is 1. The molecule has 5 heteroatoms. The lowest BCUT2D eigenvalue weighted by atomic mass is 9.93. The molecule has 0 saturated carbocycles. The number of piperidine rings is 1. The second-order valence-corrected chi connectivity index (χ2v) is 5.55. The van der Waals surface area contributed by atoms with Gasteiger partial charge in [-0.25, -0.2) is 4.79 Å². The molecule has 1 aromatic rings. The zero-order valence-electron chi connectivity index (χ0n) is 13.8. The Morgan fingerprint density at radius 2 is 2.14 bits per heavy atom. The van der Waals surface area contributed by atoms with Crippen molar-refractivity contribution in [3.8, 4) is 0 Å². The van der Waals surface area contributed by atoms with Gasteiger partial charge in [0.25, 0.3) is 0 Å². The number of halogens is 1. The van der Waals surface area contributed by atoms with Crippen LogP contribution in [0.1, 0.15) is 55.6 Å². The van der Waals surface area contributed by atoms with Crippen molar-refractivity contribution in [3.05, 3.63) is 34.3 Å². The average Bonchev–Trinajstić information content (AvgIpc) is 2.51. The van der Waals surface area contributed by atoms with E-state index in [0.29, 0.717) is 11.6 Å². The number of aromatic carboxylic acids is 1. The molecule has 1 aromatic carbocycles. The van der Waals surface area contributed by atoms with Gasteiger partial charge in [0.05, 0.1) is 11.7 Å². The average molecular weight is 328 g/mol. The second kappa shape index (κ2) is 9.13. The second-order valence-electron chi connectivity index (χ2n) is 5.14. The summed E-state index contributed by atoms with van der Waals surface area (Å²) in [5.41, 5.74) is 1.20. The molecule has 0 amide bonds. The van der Waals surface area contributed by atoms with Crippen LogP contribution < -0.4 is 0 Å². The van der Waals surface area contributed by atoms with Gasteiger partial charge in [0, 0.05) is 24.2 Å². The van der Waals surface area contributed by atoms with E-state index in [4.69, 9.17) is 21.4 Å². The molecule has 1 aliphatic heterocycles. The lowest BCUT2D eigenvalue weighted by Gasteiger charge is -2.37. The number of benzene rings is 1. The van der Waals surface area contributed by atoms with Crippen molar-refractivity contribution in [2.45, 2.75) is 45.8 Å². The van der Waals surface area contributed by atoms with Crippen LogP contribution in [0, 0.1) is 0 Å². The molecule has 0 bridgehead atoms. The SMILES string of the molecule is CC.CCOC1CCN(C)C(c2ccc(C(=O)O)cc2Cl)C1. The summed E-state index contributed by atoms with van der Waals surface area (Å²) in [5, 5.41) is 9.50. The van der Waals surface area contributed by atoms with E-state index in [0.717, 1.165) is 24.9 Å². The molecule has 1 saturated heterocycles. The molecule has 1 heterocycles. The monoisotopic (exact) mass is 327 g/mol. The summed E-state index contributed by atoms with van der Waals surface area (Å²) >= 11 is 6.27. The molecule has 0 aromatic heterocycles. The van der Waals surface area contributed by atoms with E-state index in [1.165, 1.54) is 6.07 Å². The van der Waals surface area contributed by atoms with E-state index in [-0.39, 0.29) is 17.7 Å². The zero-order chi connectivity index (χ0) is 16.7. The van der Waals surface area contributed by atoms with E-state index in [9.17, 15) is 4.79 Å². The van der Waals surface area contributed by atoms with E-state index in [1.54, 1.807) is 6.07 Å². The Bertz CT molecular complexity index is 493. The van der Waals surface area contributed by atoms with Crippen molar-refractivity contribution in [1.29, 1.82) is 0 Å². The largest absolute Gasteiger partial charge is 0.478 e. The molecular weight excluding hydrogens is 302 g/mol. The van der Waals surface area contributed by atoms with Gasteiger partial charge in [-0.1, -0.05) is 31.5 Å². The number of nitrogens with zero attached hydrogens (tertiary/aromatic N) is 1. The first-order valence-electron chi connectivity index (χ1n) is 7.87. The zero-order valence-corrected chi connectivity index (χ0v) is 14.6. The first-order chi connectivity index (χ1) is 10.5. The Balaban J connectivity index is 0.00000116. The number of hydrogen-bond donors (Lipinski definition) is 1. The lowest BCUT2D eigenvalue weighted by molar-refractivity contribution is -0.00329. The smallest absolute Gasteiger partial charge is 0.335 e. The minimum atomic E-state index is -0.956. The van der Waals surface area contributed by atoms with Crippen LogP contribution in [0.2, 0.25) is 5.02 Å². The molecule has 2 rings (SSSR count). The van der Waals surface area contributed by atoms with Crippen molar-refractivity contribution < 1.29 is 14.6 Å². The number of rotatable bonds is 4. The van der Waals surface area contributed by atoms with Crippen molar-refractivity contribution in [1.82, 2.24) is 4.90 Å². The first-order valence-corrected chi connectivity index (χ1v) is 8.25. The van der Waals surface area contributed by atoms with Crippen LogP contribution in [-0.2, 0) is 4.74 Å². The van der Waals surface area contributed by atoms with Crippen LogP contribution in [0.4, 0.5) is 0 Å². The van der Waals surface area contributed by atoms with Gasteiger partial charge in [-0.2, -0.15) is 0 Å². The maximum absolute atomic E-state index is 11.0. The fourth-order valence-corrected chi connectivity index (χ4v) is 3.04. The highest BCUT2D eigenvalue weighted by atomic mass is 35.5. The number of hydrogen-bond acceptors (Lipinski definition) is 3. The lowest BCUT2D eigenvalue weighted by Crippen LogP contribution is -2.37. The molecule has 0 spiro atoms. The summed E-state index contributed by atoms with van der Waals surface area (Å²) in [7, 11) is 2.06. The van der Waals surface area contributed by atoms with E-state index in [1.807, 2.05) is 26.8 Å². The molecule has 1 N–H and O–H groups in total. The predicted octanol–water partition coefficient (Wildman–Crippen LogP) is 4.24. The van der Waals surface area contributed by atoms with Crippen LogP contribution in [0.3, 0.4) is 0 Å². The van der Waals surface area contributed by atoms with Gasteiger partial charge < -0.3 is 9.84 Å². The molecule has 1 aliphatic rings. The van der Waals surface area contributed by atoms with Crippen molar-refractivity contribution in [3.63, 3.8) is 0 Å². The third kappa shape index (κ3) is 4.70. The molecule has 0 radical (unpaired) electrons. The van der Waals surface area contributed by atoms with Crippen LogP contribution in [0.25, 0.3) is 0 Å². The van der Waals surface area contributed by atoms with Crippen LogP contribution in [0.15, 0.2) is 18.2 Å². The van der Waals surface area contributed by atoms with Crippen molar-refractivity contribution >= 4 is 17.6 Å². The first kappa shape index (κ1) is 18.9. The van der Waals surface area contributed by atoms with Crippen LogP contribution >= 0.6 is 11.6 Å². The van der Waals surface area contributed by atoms with Crippen LogP contribution in [0.5, 0.6) is 0 Å². The summed E-state index contributed by atoms with van der Waals surface area (Å²) in [4.78, 5) is 13.2. The molecule has 2 atom stereocenters. The number of ether oxygens (including phenoxy) is 1. The van der Waals surface area contributed by atoms with Gasteiger partial charge in [-0.15, -0.1) is 0 Å². The Hall–Kier alpha value is -1.10. The summed E-state index contributed by atoms with van der Waals surface area (Å²) in [6.07, 6.45) is 2.15. The van der Waals surface area contributed by atoms with E-state index in [2.05, 4.69) is 11.9 Å². The molecule has 1 fully saturated rings. The summed E-state index contributed by atoms with van der Waals surface area (Å²) in [6.45, 7) is 7.67. The van der Waals surface area contributed by atoms with E-state index < -0.39 is 5.97 Å². The maximum Gasteiger partial charge on any atom is 0.335 e. The Kier molecular flexibility index (Phi) is 7.87. The quantitative estimate of drug-likeness (QED) is 0.898. The van der Waals surface area contributed by atoms with Gasteiger partial charge >= 0.3 is 5.97 Å². The topological polar surface area (TPSA) is 49.8 Å². The summed E-state index contributed by atoms with van der Waals surface area (Å²) in [6, 6.07) is 5.14. The molecular formula is C17H26ClNO3. The fourth-order valence-electron chi connectivity index (χ4n) is 2.73. The Labute approximate surface area is 138 Å². The van der Waals surface area contributed by atoms with Gasteiger partial charge in [0.1, 0.15) is 0 Å². The Morgan fingerprint density at radius 1 is 1.45 bits per heavy atom. The molecule has 4 nitrogen and oxygen atoms in total. The standard InChI is InChI=1S/C15H20ClNO3.C2H6/c1-3-20-11-6-7-17(2)14(9-11)12-5-4-10(15(18)19)8-13(12)16;1-2/h4-5,8,11,14H,3,6-7,9H2,1-2H3,(H,18,19);1-2H3. The van der Waals surface area contributed by atoms with Gasteiger partial charge in [-0.05, 0) is 44.5 Å². The minimum absolute atomic E-state index is 0.177. The third-order valence-corrected chi connectivity index (χ3v) is 4.16. The minimum Gasteiger partial charge on any atom is -0.478 e. The number of likely N-dealkylation sites (tertiary alicyclic amines) is 1. The number of carbonyl (C=O) groups is 1. The van der Waals surface area contributed by atoms with Crippen molar-refractivity contribution in [2.24, 2.45) is 0 Å². The van der Waals surface area contributed by atoms with E-state index >= 15 is 0 Å². The van der Waals surface area contributed by atoms with Gasteiger partial charge in [-0.3, -0.25) is 4.90 Å². The molecule has 2 unspecified atom stereocenters. The third-order valence-electron chi connectivity index (χ3n) is 3.83. The highest BCUT2D eigenvalue weighted by Crippen LogP contribution is 2.35. The molecule has 0 aliphatic carbocycles. The Morgan fingerprint density at radius 3 is 2.68 bits per heavy atom. The molecule has 124 valence electrons. The highest BCUT2D eigenvalue weighted by Gasteiger charge is 2.29. The highest BCUT2D eigenvalue weighted by molar-refractivity contribution is 6.31. The van der Waals surface area contributed by atoms with Gasteiger partial charge in [0.15, 0.2) is 0 Å². The normalized spacial score (nSPS) is 21.9. The maximum atomic E-state index is 11.0. The van der Waals surface area contributed by atoms with Gasteiger partial charge in [0.2, 0.25) is 0 Å². The van der Waals surface area contributed by atoms with Crippen molar-refractivity contribution in [2.75, 3.05) is 20.2 Å². The fraction of sp³-hybridized carbons (Fsp3) is 0.588. The molecule has 22 heavy (non-hydrogen) atoms. The number of carboxylic acids is 1. The summed E-state index contributed by atoms with van der Waals surface area (Å²) < 4.78 is 5.72.